The Balaban J connectivity index is 1.80. The molecule has 0 radical (unpaired) electrons. The van der Waals surface area contributed by atoms with Crippen LogP contribution in [0.1, 0.15) is 39.7 Å². The van der Waals surface area contributed by atoms with Crippen LogP contribution in [0, 0.1) is 0 Å². The number of carbonyl (C=O) groups is 1. The van der Waals surface area contributed by atoms with Crippen molar-refractivity contribution in [1.82, 2.24) is 10.3 Å². The molecule has 2 N–H and O–H groups in total. The van der Waals surface area contributed by atoms with Gasteiger partial charge in [-0.05, 0) is 42.3 Å². The van der Waals surface area contributed by atoms with Crippen LogP contribution in [-0.4, -0.2) is 16.0 Å². The molecule has 0 spiro atoms. The standard InChI is InChI=1S/C14H14N2O2S/c17-12-8-15-6-4-10(12)14(18)16-11-2-1-3-13-9(11)5-7-19-13/h4-8,11,17H,1-3H2,(H,16,18). The molecule has 0 bridgehead atoms. The van der Waals surface area contributed by atoms with E-state index in [2.05, 4.69) is 21.7 Å². The van der Waals surface area contributed by atoms with Gasteiger partial charge in [0, 0.05) is 11.1 Å². The minimum absolute atomic E-state index is 0.0510. The lowest BCUT2D eigenvalue weighted by Gasteiger charge is -2.23. The molecule has 1 unspecified atom stereocenters. The summed E-state index contributed by atoms with van der Waals surface area (Å²) in [7, 11) is 0. The molecule has 2 aromatic rings. The first-order chi connectivity index (χ1) is 9.25. The first-order valence-corrected chi connectivity index (χ1v) is 7.14. The smallest absolute Gasteiger partial charge is 0.255 e. The fraction of sp³-hybridized carbons (Fsp3) is 0.286. The van der Waals surface area contributed by atoms with E-state index in [1.165, 1.54) is 28.9 Å². The Hall–Kier alpha value is -1.88. The third kappa shape index (κ3) is 2.33. The van der Waals surface area contributed by atoms with Crippen LogP contribution in [0.15, 0.2) is 29.9 Å². The Morgan fingerprint density at radius 2 is 2.37 bits per heavy atom. The second-order valence-corrected chi connectivity index (χ2v) is 5.61. The SMILES string of the molecule is O=C(NC1CCCc2sccc21)c1ccncc1O. The summed E-state index contributed by atoms with van der Waals surface area (Å²) in [5, 5.41) is 14.7. The molecule has 1 atom stereocenters. The lowest BCUT2D eigenvalue weighted by atomic mass is 9.94. The van der Waals surface area contributed by atoms with Crippen molar-refractivity contribution in [3.05, 3.63) is 45.9 Å². The van der Waals surface area contributed by atoms with E-state index in [-0.39, 0.29) is 23.3 Å². The van der Waals surface area contributed by atoms with Crippen LogP contribution in [-0.2, 0) is 6.42 Å². The van der Waals surface area contributed by atoms with Crippen LogP contribution < -0.4 is 5.32 Å². The molecule has 0 saturated carbocycles. The number of nitrogens with one attached hydrogen (secondary N) is 1. The third-order valence-electron chi connectivity index (χ3n) is 3.40. The average molecular weight is 274 g/mol. The molecule has 1 aliphatic carbocycles. The van der Waals surface area contributed by atoms with Crippen LogP contribution in [0.25, 0.3) is 0 Å². The van der Waals surface area contributed by atoms with Crippen molar-refractivity contribution in [3.63, 3.8) is 0 Å². The van der Waals surface area contributed by atoms with Crippen molar-refractivity contribution in [2.24, 2.45) is 0 Å². The summed E-state index contributed by atoms with van der Waals surface area (Å²) in [6.45, 7) is 0. The monoisotopic (exact) mass is 274 g/mol. The van der Waals surface area contributed by atoms with Gasteiger partial charge in [-0.25, -0.2) is 0 Å². The predicted molar refractivity (Wildman–Crippen MR) is 73.4 cm³/mol. The molecule has 0 aliphatic heterocycles. The lowest BCUT2D eigenvalue weighted by Crippen LogP contribution is -2.30. The van der Waals surface area contributed by atoms with Gasteiger partial charge in [0.2, 0.25) is 0 Å². The highest BCUT2D eigenvalue weighted by atomic mass is 32.1. The number of nitrogens with zero attached hydrogens (tertiary/aromatic N) is 1. The first-order valence-electron chi connectivity index (χ1n) is 6.26. The van der Waals surface area contributed by atoms with Crippen molar-refractivity contribution in [1.29, 1.82) is 0 Å². The lowest BCUT2D eigenvalue weighted by molar-refractivity contribution is 0.0930. The van der Waals surface area contributed by atoms with Gasteiger partial charge in [0.1, 0.15) is 5.75 Å². The number of amides is 1. The Morgan fingerprint density at radius 1 is 1.47 bits per heavy atom. The highest BCUT2D eigenvalue weighted by Gasteiger charge is 2.23. The summed E-state index contributed by atoms with van der Waals surface area (Å²) in [5.74, 6) is -0.328. The maximum absolute atomic E-state index is 12.2. The fourth-order valence-electron chi connectivity index (χ4n) is 2.45. The number of hydrogen-bond donors (Lipinski definition) is 2. The topological polar surface area (TPSA) is 62.2 Å². The largest absolute Gasteiger partial charge is 0.505 e. The molecule has 3 rings (SSSR count). The molecule has 5 heteroatoms. The van der Waals surface area contributed by atoms with Crippen molar-refractivity contribution in [3.8, 4) is 5.75 Å². The normalized spacial score (nSPS) is 17.8. The maximum atomic E-state index is 12.2. The van der Waals surface area contributed by atoms with Gasteiger partial charge < -0.3 is 10.4 Å². The summed E-state index contributed by atoms with van der Waals surface area (Å²) < 4.78 is 0. The Bertz CT molecular complexity index is 609. The minimum atomic E-state index is -0.246. The fourth-order valence-corrected chi connectivity index (χ4v) is 3.44. The van der Waals surface area contributed by atoms with Gasteiger partial charge in [-0.1, -0.05) is 0 Å². The van der Waals surface area contributed by atoms with Crippen LogP contribution in [0.4, 0.5) is 0 Å². The summed E-state index contributed by atoms with van der Waals surface area (Å²) in [5.41, 5.74) is 1.50. The van der Waals surface area contributed by atoms with Gasteiger partial charge in [0.05, 0.1) is 17.8 Å². The zero-order valence-corrected chi connectivity index (χ0v) is 11.1. The van der Waals surface area contributed by atoms with E-state index in [0.29, 0.717) is 0 Å². The summed E-state index contributed by atoms with van der Waals surface area (Å²) in [6, 6.07) is 3.66. The van der Waals surface area contributed by atoms with E-state index in [1.54, 1.807) is 11.3 Å². The van der Waals surface area contributed by atoms with Gasteiger partial charge in [-0.15, -0.1) is 11.3 Å². The zero-order chi connectivity index (χ0) is 13.2. The van der Waals surface area contributed by atoms with Gasteiger partial charge >= 0.3 is 0 Å². The molecule has 2 heterocycles. The zero-order valence-electron chi connectivity index (χ0n) is 10.3. The summed E-state index contributed by atoms with van der Waals surface area (Å²) >= 11 is 1.74. The van der Waals surface area contributed by atoms with E-state index in [0.717, 1.165) is 19.3 Å². The second kappa shape index (κ2) is 5.01. The van der Waals surface area contributed by atoms with Crippen LogP contribution in [0.3, 0.4) is 0 Å². The third-order valence-corrected chi connectivity index (χ3v) is 4.40. The molecule has 1 aliphatic rings. The Labute approximate surface area is 115 Å². The number of pyridine rings is 1. The van der Waals surface area contributed by atoms with Gasteiger partial charge in [-0.3, -0.25) is 9.78 Å². The molecule has 98 valence electrons. The van der Waals surface area contributed by atoms with Gasteiger partial charge in [-0.2, -0.15) is 0 Å². The first kappa shape index (κ1) is 12.2. The molecular formula is C14H14N2O2S. The Morgan fingerprint density at radius 3 is 3.21 bits per heavy atom. The van der Waals surface area contributed by atoms with Gasteiger partial charge in [0.25, 0.3) is 5.91 Å². The van der Waals surface area contributed by atoms with Crippen molar-refractivity contribution < 1.29 is 9.90 Å². The van der Waals surface area contributed by atoms with E-state index < -0.39 is 0 Å². The van der Waals surface area contributed by atoms with E-state index in [1.807, 2.05) is 0 Å². The molecule has 2 aromatic heterocycles. The minimum Gasteiger partial charge on any atom is -0.505 e. The van der Waals surface area contributed by atoms with E-state index in [4.69, 9.17) is 0 Å². The number of aromatic hydroxyl groups is 1. The molecule has 19 heavy (non-hydrogen) atoms. The molecular weight excluding hydrogens is 260 g/mol. The van der Waals surface area contributed by atoms with Gasteiger partial charge in [0.15, 0.2) is 0 Å². The molecule has 1 amide bonds. The van der Waals surface area contributed by atoms with Crippen molar-refractivity contribution in [2.75, 3.05) is 0 Å². The van der Waals surface area contributed by atoms with Crippen molar-refractivity contribution >= 4 is 17.2 Å². The number of rotatable bonds is 2. The summed E-state index contributed by atoms with van der Waals surface area (Å²) in [6.07, 6.45) is 5.92. The van der Waals surface area contributed by atoms with Crippen molar-refractivity contribution in [2.45, 2.75) is 25.3 Å². The van der Waals surface area contributed by atoms with Crippen LogP contribution in [0.2, 0.25) is 0 Å². The average Bonchev–Trinajstić information content (AvgIpc) is 2.88. The molecule has 4 nitrogen and oxygen atoms in total. The summed E-state index contributed by atoms with van der Waals surface area (Å²) in [4.78, 5) is 17.3. The van der Waals surface area contributed by atoms with E-state index >= 15 is 0 Å². The molecule has 0 saturated heterocycles. The molecule has 0 aromatic carbocycles. The highest BCUT2D eigenvalue weighted by molar-refractivity contribution is 7.10. The second-order valence-electron chi connectivity index (χ2n) is 4.61. The number of hydrogen-bond acceptors (Lipinski definition) is 4. The highest BCUT2D eigenvalue weighted by Crippen LogP contribution is 2.33. The maximum Gasteiger partial charge on any atom is 0.255 e. The van der Waals surface area contributed by atoms with Crippen LogP contribution >= 0.6 is 11.3 Å². The number of aryl methyl sites for hydroxylation is 1. The number of carbonyl (C=O) groups excluding carboxylic acids is 1. The predicted octanol–water partition coefficient (Wildman–Crippen LogP) is 2.66. The van der Waals surface area contributed by atoms with Crippen LogP contribution in [0.5, 0.6) is 5.75 Å². The number of aromatic nitrogens is 1. The quantitative estimate of drug-likeness (QED) is 0.885. The number of thiophene rings is 1. The molecule has 0 fully saturated rings. The number of fused-ring (bicyclic) bond motifs is 1. The van der Waals surface area contributed by atoms with E-state index in [9.17, 15) is 9.90 Å². The Kier molecular flexibility index (Phi) is 3.21.